The van der Waals surface area contributed by atoms with Gasteiger partial charge in [0, 0.05) is 18.5 Å². The molecule has 1 heterocycles. The van der Waals surface area contributed by atoms with E-state index in [-0.39, 0.29) is 30.0 Å². The highest BCUT2D eigenvalue weighted by atomic mass is 19.1. The van der Waals surface area contributed by atoms with E-state index in [1.807, 2.05) is 13.8 Å². The fourth-order valence-electron chi connectivity index (χ4n) is 3.00. The summed E-state index contributed by atoms with van der Waals surface area (Å²) in [4.78, 5) is 18.8. The first-order chi connectivity index (χ1) is 12.0. The summed E-state index contributed by atoms with van der Waals surface area (Å²) in [6, 6.07) is 5.81. The Morgan fingerprint density at radius 1 is 1.44 bits per heavy atom. The van der Waals surface area contributed by atoms with E-state index in [4.69, 9.17) is 4.52 Å². The third-order valence-corrected chi connectivity index (χ3v) is 4.51. The number of amides is 2. The molecular weight excluding hydrogens is 323 g/mol. The molecule has 0 bridgehead atoms. The first kappa shape index (κ1) is 17.4. The number of nitrogens with zero attached hydrogens (tertiary/aromatic N) is 3. The molecule has 0 unspecified atom stereocenters. The van der Waals surface area contributed by atoms with Gasteiger partial charge in [0.05, 0.1) is 12.1 Å². The van der Waals surface area contributed by atoms with Crippen LogP contribution in [0.1, 0.15) is 62.5 Å². The van der Waals surface area contributed by atoms with Crippen LogP contribution < -0.4 is 5.32 Å². The summed E-state index contributed by atoms with van der Waals surface area (Å²) in [5, 5.41) is 6.87. The number of hydrogen-bond donors (Lipinski definition) is 1. The molecule has 1 aliphatic rings. The summed E-state index contributed by atoms with van der Waals surface area (Å²) in [6.45, 7) is 5.51. The van der Waals surface area contributed by atoms with E-state index in [0.29, 0.717) is 23.7 Å². The molecule has 0 saturated heterocycles. The van der Waals surface area contributed by atoms with Crippen LogP contribution in [-0.4, -0.2) is 27.1 Å². The molecule has 1 N–H and O–H groups in total. The van der Waals surface area contributed by atoms with E-state index >= 15 is 0 Å². The van der Waals surface area contributed by atoms with Crippen LogP contribution in [0.15, 0.2) is 28.8 Å². The van der Waals surface area contributed by atoms with Crippen molar-refractivity contribution < 1.29 is 13.7 Å². The van der Waals surface area contributed by atoms with Crippen LogP contribution in [0.25, 0.3) is 0 Å². The number of benzene rings is 1. The summed E-state index contributed by atoms with van der Waals surface area (Å²) >= 11 is 0. The Bertz CT molecular complexity index is 744. The van der Waals surface area contributed by atoms with Crippen molar-refractivity contribution in [2.24, 2.45) is 0 Å². The molecule has 0 aliphatic heterocycles. The zero-order valence-electron chi connectivity index (χ0n) is 14.7. The van der Waals surface area contributed by atoms with Crippen molar-refractivity contribution in [2.45, 2.75) is 58.2 Å². The van der Waals surface area contributed by atoms with Gasteiger partial charge in [0.2, 0.25) is 5.89 Å². The van der Waals surface area contributed by atoms with Crippen LogP contribution in [0, 0.1) is 12.7 Å². The molecule has 1 saturated carbocycles. The minimum atomic E-state index is -0.349. The second kappa shape index (κ2) is 7.21. The van der Waals surface area contributed by atoms with Crippen molar-refractivity contribution >= 4 is 6.03 Å². The average Bonchev–Trinajstić information content (AvgIpc) is 3.33. The van der Waals surface area contributed by atoms with Crippen LogP contribution in [0.3, 0.4) is 0 Å². The van der Waals surface area contributed by atoms with Gasteiger partial charge in [0.25, 0.3) is 0 Å². The van der Waals surface area contributed by atoms with Crippen LogP contribution in [0.5, 0.6) is 0 Å². The fraction of sp³-hybridized carbons (Fsp3) is 0.500. The summed E-state index contributed by atoms with van der Waals surface area (Å²) in [5.74, 6) is 0.624. The minimum absolute atomic E-state index is 0.138. The van der Waals surface area contributed by atoms with Crippen LogP contribution in [0.4, 0.5) is 9.18 Å². The molecule has 2 atom stereocenters. The second-order valence-corrected chi connectivity index (χ2v) is 6.42. The molecule has 0 radical (unpaired) electrons. The first-order valence-corrected chi connectivity index (χ1v) is 8.64. The van der Waals surface area contributed by atoms with Gasteiger partial charge in [-0.25, -0.2) is 9.18 Å². The van der Waals surface area contributed by atoms with Gasteiger partial charge >= 0.3 is 6.03 Å². The van der Waals surface area contributed by atoms with Gasteiger partial charge in [0.15, 0.2) is 5.82 Å². The lowest BCUT2D eigenvalue weighted by molar-refractivity contribution is 0.169. The van der Waals surface area contributed by atoms with Gasteiger partial charge in [-0.3, -0.25) is 0 Å². The fourth-order valence-corrected chi connectivity index (χ4v) is 3.00. The zero-order chi connectivity index (χ0) is 18.0. The molecule has 2 amide bonds. The number of urea groups is 1. The van der Waals surface area contributed by atoms with Crippen LogP contribution in [-0.2, 0) is 0 Å². The third-order valence-electron chi connectivity index (χ3n) is 4.51. The SMILES string of the molecule is CC[C@@H](NC(=O)N(C1CC1)[C@H](C)c1ccccc1F)c1noc(C)n1. The zero-order valence-corrected chi connectivity index (χ0v) is 14.7. The van der Waals surface area contributed by atoms with E-state index < -0.39 is 0 Å². The van der Waals surface area contributed by atoms with Crippen molar-refractivity contribution in [3.63, 3.8) is 0 Å². The average molecular weight is 346 g/mol. The van der Waals surface area contributed by atoms with Gasteiger partial charge in [0.1, 0.15) is 5.82 Å². The minimum Gasteiger partial charge on any atom is -0.340 e. The Hall–Kier alpha value is -2.44. The van der Waals surface area contributed by atoms with Crippen molar-refractivity contribution in [3.8, 4) is 0 Å². The molecular formula is C18H23FN4O2. The standard InChI is InChI=1S/C18H23FN4O2/c1-4-16(17-20-12(3)25-22-17)21-18(24)23(13-9-10-13)11(2)14-7-5-6-8-15(14)19/h5-8,11,13,16H,4,9-10H2,1-3H3,(H,21,24)/t11-,16-/m1/s1. The number of rotatable bonds is 6. The topological polar surface area (TPSA) is 71.3 Å². The smallest absolute Gasteiger partial charge is 0.318 e. The van der Waals surface area contributed by atoms with Crippen molar-refractivity contribution in [1.29, 1.82) is 0 Å². The number of halogens is 1. The lowest BCUT2D eigenvalue weighted by Crippen LogP contribution is -2.44. The number of carbonyl (C=O) groups is 1. The molecule has 7 heteroatoms. The highest BCUT2D eigenvalue weighted by Crippen LogP contribution is 2.35. The number of aromatic nitrogens is 2. The number of nitrogens with one attached hydrogen (secondary N) is 1. The molecule has 1 aromatic carbocycles. The molecule has 3 rings (SSSR count). The molecule has 1 aliphatic carbocycles. The molecule has 1 aromatic heterocycles. The normalized spacial score (nSPS) is 16.3. The lowest BCUT2D eigenvalue weighted by Gasteiger charge is -2.31. The van der Waals surface area contributed by atoms with E-state index in [1.54, 1.807) is 30.0 Å². The van der Waals surface area contributed by atoms with E-state index in [2.05, 4.69) is 15.5 Å². The van der Waals surface area contributed by atoms with Crippen LogP contribution >= 0.6 is 0 Å². The second-order valence-electron chi connectivity index (χ2n) is 6.42. The first-order valence-electron chi connectivity index (χ1n) is 8.64. The molecule has 1 fully saturated rings. The van der Waals surface area contributed by atoms with E-state index in [1.165, 1.54) is 6.07 Å². The molecule has 6 nitrogen and oxygen atoms in total. The highest BCUT2D eigenvalue weighted by Gasteiger charge is 2.38. The van der Waals surface area contributed by atoms with Crippen molar-refractivity contribution in [1.82, 2.24) is 20.4 Å². The van der Waals surface area contributed by atoms with E-state index in [9.17, 15) is 9.18 Å². The Morgan fingerprint density at radius 2 is 2.16 bits per heavy atom. The predicted octanol–water partition coefficient (Wildman–Crippen LogP) is 3.90. The highest BCUT2D eigenvalue weighted by molar-refractivity contribution is 5.76. The maximum absolute atomic E-state index is 14.2. The van der Waals surface area contributed by atoms with Crippen molar-refractivity contribution in [2.75, 3.05) is 0 Å². The van der Waals surface area contributed by atoms with Gasteiger partial charge in [-0.05, 0) is 32.3 Å². The Labute approximate surface area is 146 Å². The Kier molecular flexibility index (Phi) is 5.01. The monoisotopic (exact) mass is 346 g/mol. The van der Waals surface area contributed by atoms with Gasteiger partial charge in [-0.15, -0.1) is 0 Å². The number of hydrogen-bond acceptors (Lipinski definition) is 4. The third kappa shape index (κ3) is 3.81. The van der Waals surface area contributed by atoms with Gasteiger partial charge < -0.3 is 14.7 Å². The maximum Gasteiger partial charge on any atom is 0.318 e. The Balaban J connectivity index is 1.78. The van der Waals surface area contributed by atoms with Gasteiger partial charge in [-0.1, -0.05) is 30.3 Å². The molecule has 0 spiro atoms. The molecule has 25 heavy (non-hydrogen) atoms. The summed E-state index contributed by atoms with van der Waals surface area (Å²) in [7, 11) is 0. The van der Waals surface area contributed by atoms with E-state index in [0.717, 1.165) is 12.8 Å². The summed E-state index contributed by atoms with van der Waals surface area (Å²) in [6.07, 6.45) is 2.51. The molecule has 134 valence electrons. The predicted molar refractivity (Wildman–Crippen MR) is 90.3 cm³/mol. The number of carbonyl (C=O) groups excluding carboxylic acids is 1. The lowest BCUT2D eigenvalue weighted by atomic mass is 10.1. The molecule has 2 aromatic rings. The quantitative estimate of drug-likeness (QED) is 0.861. The maximum atomic E-state index is 14.2. The summed E-state index contributed by atoms with van der Waals surface area (Å²) < 4.78 is 19.2. The summed E-state index contributed by atoms with van der Waals surface area (Å²) in [5.41, 5.74) is 0.521. The van der Waals surface area contributed by atoms with Gasteiger partial charge in [-0.2, -0.15) is 4.98 Å². The Morgan fingerprint density at radius 3 is 2.72 bits per heavy atom. The van der Waals surface area contributed by atoms with Crippen LogP contribution in [0.2, 0.25) is 0 Å². The van der Waals surface area contributed by atoms with Crippen molar-refractivity contribution in [3.05, 3.63) is 47.4 Å². The number of aryl methyl sites for hydroxylation is 1. The largest absolute Gasteiger partial charge is 0.340 e.